The van der Waals surface area contributed by atoms with Crippen molar-refractivity contribution in [2.45, 2.75) is 34.2 Å². The van der Waals surface area contributed by atoms with Gasteiger partial charge >= 0.3 is 5.69 Å². The van der Waals surface area contributed by atoms with E-state index in [9.17, 15) is 23.2 Å². The summed E-state index contributed by atoms with van der Waals surface area (Å²) in [6.45, 7) is 7.14. The molecule has 0 radical (unpaired) electrons. The predicted octanol–water partition coefficient (Wildman–Crippen LogP) is 3.21. The highest BCUT2D eigenvalue weighted by Crippen LogP contribution is 2.32. The first-order valence-corrected chi connectivity index (χ1v) is 12.2. The summed E-state index contributed by atoms with van der Waals surface area (Å²) in [5.41, 5.74) is 0.00901. The highest BCUT2D eigenvalue weighted by Gasteiger charge is 2.21. The summed E-state index contributed by atoms with van der Waals surface area (Å²) in [7, 11) is 2.87. The number of carbonyl (C=O) groups is 1. The van der Waals surface area contributed by atoms with Crippen LogP contribution in [0.5, 0.6) is 5.75 Å². The molecule has 0 atom stereocenters. The molecule has 196 valence electrons. The maximum absolute atomic E-state index is 14.6. The number of carbonyl (C=O) groups excluding carboxylic acids is 1. The lowest BCUT2D eigenvalue weighted by Crippen LogP contribution is -2.37. The van der Waals surface area contributed by atoms with Crippen LogP contribution in [0.4, 0.5) is 13.9 Å². The van der Waals surface area contributed by atoms with E-state index in [2.05, 4.69) is 15.4 Å². The van der Waals surface area contributed by atoms with E-state index in [0.717, 1.165) is 28.0 Å². The number of nitrogens with zero attached hydrogens (tertiary/aromatic N) is 5. The van der Waals surface area contributed by atoms with Gasteiger partial charge in [-0.15, -0.1) is 11.3 Å². The van der Waals surface area contributed by atoms with Crippen molar-refractivity contribution in [1.82, 2.24) is 23.9 Å². The van der Waals surface area contributed by atoms with Gasteiger partial charge < -0.3 is 10.1 Å². The number of anilines is 1. The summed E-state index contributed by atoms with van der Waals surface area (Å²) in [5, 5.41) is 8.62. The Morgan fingerprint density at radius 1 is 1.11 bits per heavy atom. The molecular weight excluding hydrogens is 506 g/mol. The van der Waals surface area contributed by atoms with E-state index in [1.165, 1.54) is 23.3 Å². The van der Waals surface area contributed by atoms with Crippen molar-refractivity contribution in [3.63, 3.8) is 0 Å². The normalized spacial score (nSPS) is 11.8. The summed E-state index contributed by atoms with van der Waals surface area (Å²) < 4.78 is 37.9. The molecule has 13 heteroatoms. The molecule has 37 heavy (non-hydrogen) atoms. The molecule has 4 rings (SSSR count). The molecule has 0 fully saturated rings. The van der Waals surface area contributed by atoms with E-state index in [0.29, 0.717) is 11.2 Å². The van der Waals surface area contributed by atoms with Crippen LogP contribution in [0.2, 0.25) is 0 Å². The van der Waals surface area contributed by atoms with E-state index in [1.54, 1.807) is 12.3 Å². The Kier molecular flexibility index (Phi) is 6.76. The second-order valence-corrected chi connectivity index (χ2v) is 10.7. The summed E-state index contributed by atoms with van der Waals surface area (Å²) >= 11 is 1.07. The second kappa shape index (κ2) is 9.54. The van der Waals surface area contributed by atoms with Crippen molar-refractivity contribution in [2.75, 3.05) is 11.9 Å². The summed E-state index contributed by atoms with van der Waals surface area (Å²) in [6, 6.07) is 2.25. The van der Waals surface area contributed by atoms with Gasteiger partial charge in [0.1, 0.15) is 6.54 Å². The van der Waals surface area contributed by atoms with E-state index in [4.69, 9.17) is 4.74 Å². The van der Waals surface area contributed by atoms with Gasteiger partial charge in [0.15, 0.2) is 28.0 Å². The quantitative estimate of drug-likeness (QED) is 0.408. The van der Waals surface area contributed by atoms with Crippen molar-refractivity contribution in [3.8, 4) is 17.0 Å². The number of thiazole rings is 1. The molecule has 1 amide bonds. The summed E-state index contributed by atoms with van der Waals surface area (Å²) in [5.74, 6) is -2.68. The number of halogens is 2. The minimum Gasteiger partial charge on any atom is -0.487 e. The number of rotatable bonds is 6. The van der Waals surface area contributed by atoms with Crippen molar-refractivity contribution in [3.05, 3.63) is 55.7 Å². The van der Waals surface area contributed by atoms with Crippen LogP contribution in [0, 0.1) is 24.0 Å². The molecule has 0 aliphatic rings. The molecule has 3 heterocycles. The predicted molar refractivity (Wildman–Crippen MR) is 136 cm³/mol. The van der Waals surface area contributed by atoms with Gasteiger partial charge in [-0.25, -0.2) is 23.2 Å². The maximum Gasteiger partial charge on any atom is 0.331 e. The number of amides is 1. The van der Waals surface area contributed by atoms with Crippen molar-refractivity contribution in [2.24, 2.45) is 19.5 Å². The van der Waals surface area contributed by atoms with Crippen molar-refractivity contribution < 1.29 is 18.3 Å². The molecule has 4 aromatic rings. The SMILES string of the molecule is Cc1nn(CC(=O)Nc2nc(-c3cc(F)c(OCC(C)(C)C)c(F)c3)cs2)c2c(=O)n(C)c(=O)n(C)c12. The van der Waals surface area contributed by atoms with Gasteiger partial charge in [0.05, 0.1) is 23.5 Å². The molecule has 0 spiro atoms. The van der Waals surface area contributed by atoms with Gasteiger partial charge in [0, 0.05) is 25.0 Å². The molecule has 1 aromatic carbocycles. The molecule has 3 aromatic heterocycles. The number of hydrogen-bond acceptors (Lipinski definition) is 7. The minimum atomic E-state index is -0.852. The number of benzene rings is 1. The lowest BCUT2D eigenvalue weighted by atomic mass is 9.99. The average Bonchev–Trinajstić information content (AvgIpc) is 3.38. The van der Waals surface area contributed by atoms with Crippen LogP contribution >= 0.6 is 11.3 Å². The second-order valence-electron chi connectivity index (χ2n) is 9.85. The zero-order valence-electron chi connectivity index (χ0n) is 21.2. The molecule has 0 aliphatic carbocycles. The van der Waals surface area contributed by atoms with E-state index < -0.39 is 34.5 Å². The van der Waals surface area contributed by atoms with Gasteiger partial charge in [-0.1, -0.05) is 20.8 Å². The van der Waals surface area contributed by atoms with Crippen LogP contribution in [0.15, 0.2) is 27.1 Å². The van der Waals surface area contributed by atoms with Gasteiger partial charge in [0.25, 0.3) is 5.56 Å². The lowest BCUT2D eigenvalue weighted by molar-refractivity contribution is -0.116. The first-order valence-electron chi connectivity index (χ1n) is 11.3. The largest absolute Gasteiger partial charge is 0.487 e. The number of aromatic nitrogens is 5. The third-order valence-corrected chi connectivity index (χ3v) is 6.26. The van der Waals surface area contributed by atoms with E-state index >= 15 is 0 Å². The highest BCUT2D eigenvalue weighted by atomic mass is 32.1. The first-order chi connectivity index (χ1) is 17.3. The molecule has 0 saturated carbocycles. The third kappa shape index (κ3) is 5.17. The Bertz CT molecular complexity index is 1620. The molecule has 0 aliphatic heterocycles. The Labute approximate surface area is 214 Å². The lowest BCUT2D eigenvalue weighted by Gasteiger charge is -2.19. The van der Waals surface area contributed by atoms with Crippen LogP contribution in [0.1, 0.15) is 26.5 Å². The van der Waals surface area contributed by atoms with Crippen LogP contribution in [-0.4, -0.2) is 36.4 Å². The Balaban J connectivity index is 1.54. The highest BCUT2D eigenvalue weighted by molar-refractivity contribution is 7.14. The Morgan fingerprint density at radius 2 is 1.76 bits per heavy atom. The fourth-order valence-corrected chi connectivity index (χ4v) is 4.49. The standard InChI is InChI=1S/C24H26F2N6O4S/c1-12-18-19(21(34)31(6)23(35)30(18)5)32(29-12)9-17(33)28-22-27-16(10-37-22)13-7-14(25)20(15(26)8-13)36-11-24(2,3)4/h7-8,10H,9,11H2,1-6H3,(H,27,28,33). The van der Waals surface area contributed by atoms with Crippen LogP contribution in [-0.2, 0) is 25.4 Å². The average molecular weight is 533 g/mol. The molecule has 1 N–H and O–H groups in total. The maximum atomic E-state index is 14.6. The number of ether oxygens (including phenoxy) is 1. The third-order valence-electron chi connectivity index (χ3n) is 5.50. The van der Waals surface area contributed by atoms with Crippen LogP contribution in [0.3, 0.4) is 0 Å². The van der Waals surface area contributed by atoms with Crippen LogP contribution in [0.25, 0.3) is 22.3 Å². The van der Waals surface area contributed by atoms with Crippen molar-refractivity contribution >= 4 is 33.4 Å². The molecular formula is C24H26F2N6O4S. The fraction of sp³-hybridized carbons (Fsp3) is 0.375. The summed E-state index contributed by atoms with van der Waals surface area (Å²) in [4.78, 5) is 41.9. The summed E-state index contributed by atoms with van der Waals surface area (Å²) in [6.07, 6.45) is 0. The monoisotopic (exact) mass is 532 g/mol. The molecule has 0 bridgehead atoms. The number of fused-ring (bicyclic) bond motifs is 1. The van der Waals surface area contributed by atoms with Gasteiger partial charge in [0.2, 0.25) is 5.91 Å². The Hall–Kier alpha value is -3.87. The number of nitrogens with one attached hydrogen (secondary N) is 1. The van der Waals surface area contributed by atoms with Gasteiger partial charge in [-0.2, -0.15) is 5.10 Å². The molecule has 0 unspecified atom stereocenters. The minimum absolute atomic E-state index is 0.122. The smallest absolute Gasteiger partial charge is 0.331 e. The topological polar surface area (TPSA) is 113 Å². The van der Waals surface area contributed by atoms with Crippen molar-refractivity contribution in [1.29, 1.82) is 0 Å². The zero-order valence-corrected chi connectivity index (χ0v) is 22.0. The van der Waals surface area contributed by atoms with Gasteiger partial charge in [-0.05, 0) is 24.5 Å². The zero-order chi connectivity index (χ0) is 27.2. The Morgan fingerprint density at radius 3 is 2.38 bits per heavy atom. The molecule has 0 saturated heterocycles. The number of hydrogen-bond donors (Lipinski definition) is 1. The molecule has 10 nitrogen and oxygen atoms in total. The van der Waals surface area contributed by atoms with Crippen LogP contribution < -0.4 is 21.3 Å². The van der Waals surface area contributed by atoms with Gasteiger partial charge in [-0.3, -0.25) is 18.7 Å². The number of aryl methyl sites for hydroxylation is 2. The van der Waals surface area contributed by atoms with E-state index in [1.807, 2.05) is 20.8 Å². The van der Waals surface area contributed by atoms with E-state index in [-0.39, 0.29) is 40.5 Å². The first kappa shape index (κ1) is 26.2. The fourth-order valence-electron chi connectivity index (χ4n) is 3.76.